The van der Waals surface area contributed by atoms with Gasteiger partial charge < -0.3 is 24.4 Å². The number of phosphoric acid groups is 1. The van der Waals surface area contributed by atoms with Gasteiger partial charge in [0.15, 0.2) is 6.10 Å². The smallest absolute Gasteiger partial charge is 0.462 e. The summed E-state index contributed by atoms with van der Waals surface area (Å²) in [5.74, 6) is -1.03. The summed E-state index contributed by atoms with van der Waals surface area (Å²) in [7, 11) is -4.79. The van der Waals surface area contributed by atoms with Gasteiger partial charge in [-0.25, -0.2) is 4.57 Å². The van der Waals surface area contributed by atoms with Crippen molar-refractivity contribution >= 4 is 19.8 Å². The summed E-state index contributed by atoms with van der Waals surface area (Å²) in [5, 5.41) is 9.45. The second-order valence-electron chi connectivity index (χ2n) is 12.7. The fraction of sp³-hybridized carbons (Fsp3) is 0.511. The number of rotatable bonds is 34. The molecule has 10 heteroatoms. The normalized spacial score (nSPS) is 14.3. The van der Waals surface area contributed by atoms with Crippen LogP contribution in [0.3, 0.4) is 0 Å². The van der Waals surface area contributed by atoms with Gasteiger partial charge in [-0.1, -0.05) is 142 Å². The van der Waals surface area contributed by atoms with Crippen molar-refractivity contribution in [2.24, 2.45) is 0 Å². The van der Waals surface area contributed by atoms with E-state index in [4.69, 9.17) is 19.3 Å². The van der Waals surface area contributed by atoms with Crippen molar-refractivity contribution < 1.29 is 43.0 Å². The number of hydrogen-bond acceptors (Lipinski definition) is 7. The molecule has 0 aromatic rings. The maximum atomic E-state index is 12.4. The van der Waals surface area contributed by atoms with E-state index in [0.717, 1.165) is 70.6 Å². The van der Waals surface area contributed by atoms with Crippen molar-refractivity contribution in [1.82, 2.24) is 0 Å². The number of phosphoric ester groups is 1. The van der Waals surface area contributed by atoms with E-state index in [1.165, 1.54) is 0 Å². The van der Waals surface area contributed by atoms with E-state index in [0.29, 0.717) is 25.7 Å². The lowest BCUT2D eigenvalue weighted by molar-refractivity contribution is -0.161. The van der Waals surface area contributed by atoms with E-state index < -0.39 is 32.5 Å². The number of esters is 2. The topological polar surface area (TPSA) is 140 Å². The van der Waals surface area contributed by atoms with Crippen LogP contribution in [0, 0.1) is 0 Å². The number of unbranched alkanes of at least 4 members (excludes halogenated alkanes) is 4. The van der Waals surface area contributed by atoms with Crippen LogP contribution in [0.1, 0.15) is 123 Å². The summed E-state index contributed by atoms with van der Waals surface area (Å²) in [6.07, 6.45) is 53.0. The molecule has 0 aliphatic heterocycles. The fourth-order valence-corrected chi connectivity index (χ4v) is 4.92. The van der Waals surface area contributed by atoms with Gasteiger partial charge in [0, 0.05) is 12.8 Å². The first kappa shape index (κ1) is 51.4. The van der Waals surface area contributed by atoms with Gasteiger partial charge in [-0.3, -0.25) is 14.1 Å². The number of carbonyl (C=O) groups is 2. The summed E-state index contributed by atoms with van der Waals surface area (Å²) >= 11 is 0. The van der Waals surface area contributed by atoms with Gasteiger partial charge in [-0.05, 0) is 89.9 Å². The Balaban J connectivity index is 4.17. The zero-order valence-corrected chi connectivity index (χ0v) is 34.3. The fourth-order valence-electron chi connectivity index (χ4n) is 4.56. The SMILES string of the molecule is CC/C=C\C/C=C\C/C=C\C/C=C\C/C=C\CCCCCC(=O)O[C@H](COC(=O)CCC/C=C\C/C=C\C/C=C\C/C=C\C=C\[C@@H](O)CC)COP(=O)(O)O. The van der Waals surface area contributed by atoms with Gasteiger partial charge in [0.1, 0.15) is 6.61 Å². The summed E-state index contributed by atoms with van der Waals surface area (Å²) in [6.45, 7) is 3.14. The Bertz CT molecular complexity index is 1310. The van der Waals surface area contributed by atoms with Crippen LogP contribution in [-0.2, 0) is 28.2 Å². The lowest BCUT2D eigenvalue weighted by Crippen LogP contribution is -2.29. The highest BCUT2D eigenvalue weighted by atomic mass is 31.2. The van der Waals surface area contributed by atoms with Crippen LogP contribution in [-0.4, -0.2) is 52.3 Å². The molecule has 0 fully saturated rings. The minimum atomic E-state index is -4.79. The van der Waals surface area contributed by atoms with Gasteiger partial charge in [-0.2, -0.15) is 0 Å². The van der Waals surface area contributed by atoms with Gasteiger partial charge in [0.2, 0.25) is 0 Å². The Morgan fingerprint density at radius 3 is 1.55 bits per heavy atom. The molecular formula is C45H69O9P. The van der Waals surface area contributed by atoms with Crippen molar-refractivity contribution in [3.8, 4) is 0 Å². The summed E-state index contributed by atoms with van der Waals surface area (Å²) in [4.78, 5) is 42.8. The van der Waals surface area contributed by atoms with E-state index >= 15 is 0 Å². The van der Waals surface area contributed by atoms with Crippen molar-refractivity contribution in [3.63, 3.8) is 0 Å². The quantitative estimate of drug-likeness (QED) is 0.0191. The third-order valence-corrected chi connectivity index (χ3v) is 8.12. The van der Waals surface area contributed by atoms with E-state index in [1.807, 2.05) is 37.3 Å². The van der Waals surface area contributed by atoms with Gasteiger partial charge in [0.05, 0.1) is 12.7 Å². The van der Waals surface area contributed by atoms with Gasteiger partial charge >= 0.3 is 19.8 Å². The highest BCUT2D eigenvalue weighted by molar-refractivity contribution is 7.46. The second-order valence-corrected chi connectivity index (χ2v) is 13.9. The van der Waals surface area contributed by atoms with Crippen LogP contribution in [0.2, 0.25) is 0 Å². The van der Waals surface area contributed by atoms with Crippen LogP contribution in [0.15, 0.2) is 122 Å². The number of hydrogen-bond donors (Lipinski definition) is 3. The monoisotopic (exact) mass is 784 g/mol. The van der Waals surface area contributed by atoms with Crippen molar-refractivity contribution in [2.75, 3.05) is 13.2 Å². The summed E-state index contributed by atoms with van der Waals surface area (Å²) in [5.41, 5.74) is 0. The molecule has 308 valence electrons. The molecule has 0 aliphatic carbocycles. The number of carbonyl (C=O) groups excluding carboxylic acids is 2. The molecule has 0 radical (unpaired) electrons. The van der Waals surface area contributed by atoms with Crippen molar-refractivity contribution in [3.05, 3.63) is 122 Å². The molecule has 0 spiro atoms. The molecule has 2 atom stereocenters. The standard InChI is InChI=1S/C45H69O9P/c1-3-5-6-7-8-9-10-11-12-13-14-15-16-21-24-27-30-33-36-39-45(48)54-43(41-53-55(49,50)51)40-52-44(47)38-35-32-29-26-23-20-18-17-19-22-25-28-31-34-37-42(46)4-2/h5-6,8-9,11-12,14-15,18-22,24,26,28-29,31,34,37,42-43,46H,3-4,7,10,13,16-17,23,25,27,30,32-33,35-36,38-41H2,1-2H3,(H2,49,50,51)/b6-5-,9-8-,12-11-,15-14-,20-18-,22-19-,24-21-,29-26-,31-28-,37-34+/t42-,43+/m0/s1. The molecule has 0 saturated heterocycles. The summed E-state index contributed by atoms with van der Waals surface area (Å²) < 4.78 is 26.3. The van der Waals surface area contributed by atoms with Gasteiger partial charge in [-0.15, -0.1) is 0 Å². The van der Waals surface area contributed by atoms with E-state index in [9.17, 15) is 19.3 Å². The van der Waals surface area contributed by atoms with Gasteiger partial charge in [0.25, 0.3) is 0 Å². The van der Waals surface area contributed by atoms with Crippen LogP contribution in [0.25, 0.3) is 0 Å². The number of aliphatic hydroxyl groups is 1. The molecule has 55 heavy (non-hydrogen) atoms. The second kappa shape index (κ2) is 38.7. The summed E-state index contributed by atoms with van der Waals surface area (Å²) in [6, 6.07) is 0. The third-order valence-electron chi connectivity index (χ3n) is 7.63. The van der Waals surface area contributed by atoms with Crippen LogP contribution in [0.4, 0.5) is 0 Å². The Morgan fingerprint density at radius 1 is 0.564 bits per heavy atom. The first-order valence-electron chi connectivity index (χ1n) is 19.9. The van der Waals surface area contributed by atoms with E-state index in [-0.39, 0.29) is 25.6 Å². The number of aliphatic hydroxyl groups excluding tert-OH is 1. The predicted molar refractivity (Wildman–Crippen MR) is 226 cm³/mol. The average Bonchev–Trinajstić information content (AvgIpc) is 3.16. The predicted octanol–water partition coefficient (Wildman–Crippen LogP) is 11.1. The third kappa shape index (κ3) is 41.4. The highest BCUT2D eigenvalue weighted by Gasteiger charge is 2.22. The Morgan fingerprint density at radius 2 is 1.04 bits per heavy atom. The Labute approximate surface area is 331 Å². The molecule has 0 saturated carbocycles. The molecule has 9 nitrogen and oxygen atoms in total. The lowest BCUT2D eigenvalue weighted by Gasteiger charge is -2.18. The van der Waals surface area contributed by atoms with E-state index in [1.54, 1.807) is 6.08 Å². The molecule has 0 aromatic carbocycles. The molecule has 0 bridgehead atoms. The molecule has 0 aliphatic rings. The Kier molecular flexibility index (Phi) is 36.2. The minimum absolute atomic E-state index is 0.145. The maximum absolute atomic E-state index is 12.4. The molecule has 0 amide bonds. The largest absolute Gasteiger partial charge is 0.469 e. The minimum Gasteiger partial charge on any atom is -0.462 e. The first-order chi connectivity index (χ1) is 26.7. The molecule has 3 N–H and O–H groups in total. The van der Waals surface area contributed by atoms with Crippen LogP contribution in [0.5, 0.6) is 0 Å². The molecule has 0 rings (SSSR count). The first-order valence-corrected chi connectivity index (χ1v) is 21.5. The highest BCUT2D eigenvalue weighted by Crippen LogP contribution is 2.35. The molecule has 0 heterocycles. The molecule has 0 unspecified atom stereocenters. The Hall–Kier alpha value is -3.59. The number of ether oxygens (including phenoxy) is 2. The molecular weight excluding hydrogens is 715 g/mol. The van der Waals surface area contributed by atoms with Crippen LogP contribution < -0.4 is 0 Å². The molecule has 0 aromatic heterocycles. The zero-order valence-electron chi connectivity index (χ0n) is 33.4. The van der Waals surface area contributed by atoms with E-state index in [2.05, 4.69) is 96.5 Å². The van der Waals surface area contributed by atoms with Crippen molar-refractivity contribution in [1.29, 1.82) is 0 Å². The average molecular weight is 785 g/mol. The maximum Gasteiger partial charge on any atom is 0.469 e. The van der Waals surface area contributed by atoms with Crippen molar-refractivity contribution in [2.45, 2.75) is 135 Å². The number of allylic oxidation sites excluding steroid dienone is 19. The van der Waals surface area contributed by atoms with Crippen LogP contribution >= 0.6 is 7.82 Å². The lowest BCUT2D eigenvalue weighted by atomic mass is 10.1. The zero-order chi connectivity index (χ0) is 40.5.